The summed E-state index contributed by atoms with van der Waals surface area (Å²) in [7, 11) is -4.12. The van der Waals surface area contributed by atoms with Crippen molar-refractivity contribution in [1.82, 2.24) is 15.3 Å². The molecule has 1 N–H and O–H groups in total. The zero-order chi connectivity index (χ0) is 22.2. The van der Waals surface area contributed by atoms with Crippen LogP contribution in [0.25, 0.3) is 10.9 Å². The van der Waals surface area contributed by atoms with Crippen LogP contribution >= 0.6 is 0 Å². The summed E-state index contributed by atoms with van der Waals surface area (Å²) in [5.74, 6) is -0.298. The molecule has 1 aliphatic rings. The molecule has 1 aliphatic carbocycles. The van der Waals surface area contributed by atoms with E-state index < -0.39 is 14.8 Å². The van der Waals surface area contributed by atoms with Crippen LogP contribution in [-0.2, 0) is 9.84 Å². The Hall–Kier alpha value is -2.87. The maximum absolute atomic E-state index is 15.5. The molecular formula is C23H24FN3O3S. The van der Waals surface area contributed by atoms with E-state index in [9.17, 15) is 13.2 Å². The van der Waals surface area contributed by atoms with Crippen molar-refractivity contribution in [2.75, 3.05) is 0 Å². The molecular weight excluding hydrogens is 417 g/mol. The monoisotopic (exact) mass is 441 g/mol. The number of fused-ring (bicyclic) bond motifs is 1. The second-order valence-electron chi connectivity index (χ2n) is 8.14. The van der Waals surface area contributed by atoms with Crippen LogP contribution in [0.1, 0.15) is 47.3 Å². The number of aryl methyl sites for hydroxylation is 2. The Balaban J connectivity index is 1.47. The first-order valence-electron chi connectivity index (χ1n) is 10.2. The molecule has 1 aromatic carbocycles. The van der Waals surface area contributed by atoms with E-state index in [4.69, 9.17) is 0 Å². The molecule has 4 rings (SSSR count). The summed E-state index contributed by atoms with van der Waals surface area (Å²) in [4.78, 5) is 21.3. The quantitative estimate of drug-likeness (QED) is 0.660. The van der Waals surface area contributed by atoms with Crippen molar-refractivity contribution in [1.29, 1.82) is 0 Å². The fourth-order valence-corrected chi connectivity index (χ4v) is 5.86. The lowest BCUT2D eigenvalue weighted by Crippen LogP contribution is -2.45. The summed E-state index contributed by atoms with van der Waals surface area (Å²) in [6.07, 6.45) is 3.46. The van der Waals surface area contributed by atoms with Gasteiger partial charge in [0.2, 0.25) is 14.8 Å². The molecule has 1 saturated carbocycles. The summed E-state index contributed by atoms with van der Waals surface area (Å²) < 4.78 is 41.3. The summed E-state index contributed by atoms with van der Waals surface area (Å²) in [6.45, 7) is 3.53. The minimum Gasteiger partial charge on any atom is -0.349 e. The highest BCUT2D eigenvalue weighted by Gasteiger charge is 2.47. The number of carbonyl (C=O) groups excluding carboxylic acids is 1. The number of rotatable bonds is 4. The number of hydrogen-bond donors (Lipinski definition) is 1. The molecule has 0 saturated heterocycles. The molecule has 0 aliphatic heterocycles. The van der Waals surface area contributed by atoms with E-state index in [2.05, 4.69) is 15.3 Å². The molecule has 2 heterocycles. The van der Waals surface area contributed by atoms with Crippen molar-refractivity contribution < 1.29 is 17.6 Å². The normalized spacial score (nSPS) is 21.7. The van der Waals surface area contributed by atoms with Crippen molar-refractivity contribution in [3.8, 4) is 0 Å². The average molecular weight is 442 g/mol. The maximum atomic E-state index is 15.5. The van der Waals surface area contributed by atoms with Crippen LogP contribution in [0.2, 0.25) is 0 Å². The van der Waals surface area contributed by atoms with Crippen LogP contribution < -0.4 is 5.32 Å². The summed E-state index contributed by atoms with van der Waals surface area (Å²) in [6, 6.07) is 9.54. The minimum atomic E-state index is -4.12. The lowest BCUT2D eigenvalue weighted by Gasteiger charge is -2.34. The second-order valence-corrected chi connectivity index (χ2v) is 10.4. The molecule has 162 valence electrons. The maximum Gasteiger partial charge on any atom is 0.253 e. The fraction of sp³-hybridized carbons (Fsp3) is 0.348. The Labute approximate surface area is 180 Å². The number of carbonyl (C=O) groups is 1. The predicted molar refractivity (Wildman–Crippen MR) is 116 cm³/mol. The van der Waals surface area contributed by atoms with Gasteiger partial charge in [0, 0.05) is 23.8 Å². The van der Waals surface area contributed by atoms with Gasteiger partial charge in [-0.25, -0.2) is 12.8 Å². The molecule has 3 aromatic rings. The lowest BCUT2D eigenvalue weighted by molar-refractivity contribution is 0.0905. The number of amides is 1. The first kappa shape index (κ1) is 21.4. The predicted octanol–water partition coefficient (Wildman–Crippen LogP) is 4.06. The number of sulfone groups is 1. The third kappa shape index (κ3) is 4.04. The number of alkyl halides is 1. The van der Waals surface area contributed by atoms with Crippen LogP contribution in [0.5, 0.6) is 0 Å². The van der Waals surface area contributed by atoms with Gasteiger partial charge in [0.15, 0.2) is 0 Å². The van der Waals surface area contributed by atoms with Gasteiger partial charge in [0.05, 0.1) is 21.7 Å². The molecule has 0 bridgehead atoms. The third-order valence-electron chi connectivity index (χ3n) is 5.90. The highest BCUT2D eigenvalue weighted by Crippen LogP contribution is 2.40. The Morgan fingerprint density at radius 3 is 2.61 bits per heavy atom. The summed E-state index contributed by atoms with van der Waals surface area (Å²) in [5, 5.41) is 1.35. The molecule has 0 radical (unpaired) electrons. The van der Waals surface area contributed by atoms with E-state index in [0.717, 1.165) is 16.5 Å². The zero-order valence-corrected chi connectivity index (χ0v) is 18.2. The Morgan fingerprint density at radius 2 is 1.90 bits per heavy atom. The van der Waals surface area contributed by atoms with Crippen LogP contribution in [0, 0.1) is 13.8 Å². The number of benzene rings is 1. The van der Waals surface area contributed by atoms with Crippen LogP contribution in [0.3, 0.4) is 0 Å². The largest absolute Gasteiger partial charge is 0.349 e. The van der Waals surface area contributed by atoms with Crippen LogP contribution in [0.4, 0.5) is 4.39 Å². The number of nitrogens with zero attached hydrogens (tertiary/aromatic N) is 2. The van der Waals surface area contributed by atoms with Crippen molar-refractivity contribution >= 4 is 26.6 Å². The van der Waals surface area contributed by atoms with E-state index >= 15 is 4.39 Å². The molecule has 1 fully saturated rings. The first-order chi connectivity index (χ1) is 14.7. The molecule has 1 amide bonds. The van der Waals surface area contributed by atoms with Gasteiger partial charge >= 0.3 is 0 Å². The highest BCUT2D eigenvalue weighted by molar-refractivity contribution is 7.92. The van der Waals surface area contributed by atoms with Crippen molar-refractivity contribution in [3.05, 3.63) is 65.6 Å². The number of aromatic nitrogens is 2. The van der Waals surface area contributed by atoms with Crippen molar-refractivity contribution in [2.24, 2.45) is 0 Å². The Morgan fingerprint density at radius 1 is 1.16 bits per heavy atom. The third-order valence-corrected chi connectivity index (χ3v) is 8.15. The van der Waals surface area contributed by atoms with Gasteiger partial charge in [0.25, 0.3) is 5.91 Å². The van der Waals surface area contributed by atoms with Crippen molar-refractivity contribution in [2.45, 2.75) is 55.5 Å². The number of hydrogen-bond acceptors (Lipinski definition) is 5. The van der Waals surface area contributed by atoms with E-state index in [1.165, 1.54) is 12.1 Å². The smallest absolute Gasteiger partial charge is 0.253 e. The summed E-state index contributed by atoms with van der Waals surface area (Å²) >= 11 is 0. The van der Waals surface area contributed by atoms with E-state index in [1.54, 1.807) is 50.5 Å². The van der Waals surface area contributed by atoms with Crippen molar-refractivity contribution in [3.63, 3.8) is 0 Å². The Kier molecular flexibility index (Phi) is 5.51. The van der Waals surface area contributed by atoms with E-state index in [1.807, 2.05) is 0 Å². The van der Waals surface area contributed by atoms with Gasteiger partial charge < -0.3 is 5.32 Å². The lowest BCUT2D eigenvalue weighted by atomic mass is 9.93. The van der Waals surface area contributed by atoms with Gasteiger partial charge in [-0.3, -0.25) is 14.8 Å². The van der Waals surface area contributed by atoms with E-state index in [0.29, 0.717) is 11.3 Å². The molecule has 31 heavy (non-hydrogen) atoms. The van der Waals surface area contributed by atoms with E-state index in [-0.39, 0.29) is 42.5 Å². The second kappa shape index (κ2) is 8.00. The Bertz CT molecular complexity index is 1250. The molecule has 0 spiro atoms. The van der Waals surface area contributed by atoms with Gasteiger partial charge in [0.1, 0.15) is 0 Å². The standard InChI is InChI=1S/C23H24FN3O3S/c1-15-4-3-5-19(12-15)31(29,30)23(24)9-6-18(7-10-23)27-22(28)20-13-17-14-25-11-8-21(17)26-16(20)2/h3-5,8,11-14,18H,6-7,9-10H2,1-2H3,(H,27,28). The van der Waals surface area contributed by atoms with Crippen LogP contribution in [-0.4, -0.2) is 35.3 Å². The molecule has 0 unspecified atom stereocenters. The first-order valence-corrected chi connectivity index (χ1v) is 11.7. The summed E-state index contributed by atoms with van der Waals surface area (Å²) in [5.41, 5.74) is 2.55. The highest BCUT2D eigenvalue weighted by atomic mass is 32.2. The SMILES string of the molecule is Cc1cccc(S(=O)(=O)C2(F)CCC(NC(=O)c3cc4cnccc4nc3C)CC2)c1. The zero-order valence-electron chi connectivity index (χ0n) is 17.4. The fourth-order valence-electron chi connectivity index (χ4n) is 4.06. The number of halogens is 1. The van der Waals surface area contributed by atoms with Gasteiger partial charge in [-0.05, 0) is 69.4 Å². The topological polar surface area (TPSA) is 89.0 Å². The van der Waals surface area contributed by atoms with Gasteiger partial charge in [-0.15, -0.1) is 0 Å². The molecule has 2 aromatic heterocycles. The number of nitrogens with one attached hydrogen (secondary N) is 1. The molecule has 0 atom stereocenters. The molecule has 6 nitrogen and oxygen atoms in total. The average Bonchev–Trinajstić information content (AvgIpc) is 2.74. The van der Waals surface area contributed by atoms with Gasteiger partial charge in [-0.1, -0.05) is 12.1 Å². The molecule has 8 heteroatoms. The minimum absolute atomic E-state index is 0.00366. The number of pyridine rings is 2. The van der Waals surface area contributed by atoms with Gasteiger partial charge in [-0.2, -0.15) is 0 Å². The van der Waals surface area contributed by atoms with Crippen LogP contribution in [0.15, 0.2) is 53.7 Å².